The number of nitrogens with one attached hydrogen (secondary N) is 2. The van der Waals surface area contributed by atoms with Gasteiger partial charge in [-0.3, -0.25) is 4.79 Å². The fourth-order valence-electron chi connectivity index (χ4n) is 3.08. The van der Waals surface area contributed by atoms with Crippen molar-refractivity contribution in [2.45, 2.75) is 46.0 Å². The summed E-state index contributed by atoms with van der Waals surface area (Å²) in [5.74, 6) is 0.363. The van der Waals surface area contributed by atoms with Crippen LogP contribution >= 0.6 is 0 Å². The minimum absolute atomic E-state index is 0.197. The number of benzene rings is 1. The summed E-state index contributed by atoms with van der Waals surface area (Å²) in [6.45, 7) is 4.84. The molecule has 5 nitrogen and oxygen atoms in total. The minimum Gasteiger partial charge on any atom is -0.354 e. The first kappa shape index (κ1) is 18.1. The molecule has 1 aromatic carbocycles. The largest absolute Gasteiger partial charge is 0.354 e. The number of nitrogens with zero attached hydrogens (tertiary/aromatic N) is 2. The monoisotopic (exact) mass is 350 g/mol. The Bertz CT molecular complexity index is 796. The normalized spacial score (nSPS) is 13.8. The lowest BCUT2D eigenvalue weighted by Gasteiger charge is -2.13. The van der Waals surface area contributed by atoms with Gasteiger partial charge in [-0.25, -0.2) is 9.97 Å². The van der Waals surface area contributed by atoms with E-state index in [0.717, 1.165) is 29.8 Å². The van der Waals surface area contributed by atoms with Gasteiger partial charge in [-0.05, 0) is 63.1 Å². The van der Waals surface area contributed by atoms with Crippen LogP contribution in [0.4, 0.5) is 11.6 Å². The van der Waals surface area contributed by atoms with Crippen LogP contribution in [0.3, 0.4) is 0 Å². The molecule has 0 saturated heterocycles. The van der Waals surface area contributed by atoms with Crippen LogP contribution in [0.2, 0.25) is 0 Å². The molecule has 5 heteroatoms. The van der Waals surface area contributed by atoms with Crippen LogP contribution in [0.5, 0.6) is 0 Å². The highest BCUT2D eigenvalue weighted by Crippen LogP contribution is 2.20. The number of hydrogen-bond acceptors (Lipinski definition) is 4. The minimum atomic E-state index is -0.197. The molecule has 0 atom stereocenters. The summed E-state index contributed by atoms with van der Waals surface area (Å²) in [4.78, 5) is 20.9. The lowest BCUT2D eigenvalue weighted by Crippen LogP contribution is -2.14. The van der Waals surface area contributed by atoms with E-state index in [1.54, 1.807) is 12.4 Å². The summed E-state index contributed by atoms with van der Waals surface area (Å²) in [5, 5.41) is 6.16. The highest BCUT2D eigenvalue weighted by atomic mass is 16.1. The van der Waals surface area contributed by atoms with Crippen molar-refractivity contribution in [2.24, 2.45) is 0 Å². The van der Waals surface area contributed by atoms with Gasteiger partial charge in [-0.15, -0.1) is 0 Å². The smallest absolute Gasteiger partial charge is 0.258 e. The summed E-state index contributed by atoms with van der Waals surface area (Å²) < 4.78 is 0. The maximum Gasteiger partial charge on any atom is 0.258 e. The Morgan fingerprint density at radius 1 is 1.15 bits per heavy atom. The number of carbonyl (C=O) groups excluding carboxylic acids is 1. The van der Waals surface area contributed by atoms with Crippen LogP contribution in [0, 0.1) is 13.8 Å². The average Bonchev–Trinajstić information content (AvgIpc) is 2.67. The maximum absolute atomic E-state index is 12.4. The van der Waals surface area contributed by atoms with Crippen molar-refractivity contribution >= 4 is 17.5 Å². The molecule has 26 heavy (non-hydrogen) atoms. The number of allylic oxidation sites excluding steroid dienone is 1. The van der Waals surface area contributed by atoms with Crippen molar-refractivity contribution in [3.05, 3.63) is 58.9 Å². The molecule has 1 aromatic heterocycles. The van der Waals surface area contributed by atoms with Crippen LogP contribution in [0.15, 0.2) is 42.2 Å². The van der Waals surface area contributed by atoms with Crippen molar-refractivity contribution < 1.29 is 4.79 Å². The first-order valence-electron chi connectivity index (χ1n) is 9.25. The molecule has 3 rings (SSSR count). The van der Waals surface area contributed by atoms with Crippen LogP contribution in [-0.4, -0.2) is 22.4 Å². The lowest BCUT2D eigenvalue weighted by molar-refractivity contribution is 0.102. The number of rotatable bonds is 6. The third-order valence-electron chi connectivity index (χ3n) is 4.88. The van der Waals surface area contributed by atoms with Crippen LogP contribution in [0.1, 0.15) is 53.6 Å². The summed E-state index contributed by atoms with van der Waals surface area (Å²) in [6, 6.07) is 5.86. The summed E-state index contributed by atoms with van der Waals surface area (Å²) in [5.41, 5.74) is 5.00. The molecule has 0 spiro atoms. The molecule has 1 heterocycles. The van der Waals surface area contributed by atoms with Crippen LogP contribution in [-0.2, 0) is 0 Å². The zero-order valence-corrected chi connectivity index (χ0v) is 15.5. The number of anilines is 2. The van der Waals surface area contributed by atoms with Gasteiger partial charge >= 0.3 is 0 Å². The first-order chi connectivity index (χ1) is 12.6. The zero-order valence-electron chi connectivity index (χ0n) is 15.5. The van der Waals surface area contributed by atoms with Gasteiger partial charge in [-0.1, -0.05) is 23.8 Å². The van der Waals surface area contributed by atoms with Crippen molar-refractivity contribution in [1.82, 2.24) is 9.97 Å². The number of hydrogen-bond donors (Lipinski definition) is 2. The standard InChI is InChI=1S/C21H26N4O/c1-15-7-6-10-19(16(15)2)25-20(26)18-13-23-21(24-14-18)22-12-11-17-8-4-3-5-9-17/h6-8,10,13-14H,3-5,9,11-12H2,1-2H3,(H,25,26)(H,22,23,24). The molecule has 0 fully saturated rings. The number of aromatic nitrogens is 2. The molecule has 1 aliphatic rings. The summed E-state index contributed by atoms with van der Waals surface area (Å²) in [6.07, 6.45) is 11.5. The van der Waals surface area contributed by atoms with Crippen LogP contribution < -0.4 is 10.6 Å². The van der Waals surface area contributed by atoms with Gasteiger partial charge in [0.05, 0.1) is 5.56 Å². The lowest BCUT2D eigenvalue weighted by atomic mass is 9.97. The van der Waals surface area contributed by atoms with Crippen molar-refractivity contribution in [2.75, 3.05) is 17.2 Å². The molecular formula is C21H26N4O. The molecule has 0 saturated carbocycles. The Morgan fingerprint density at radius 3 is 2.69 bits per heavy atom. The topological polar surface area (TPSA) is 66.9 Å². The number of aryl methyl sites for hydroxylation is 1. The highest BCUT2D eigenvalue weighted by molar-refractivity contribution is 6.04. The molecule has 2 aromatic rings. The van der Waals surface area contributed by atoms with E-state index in [-0.39, 0.29) is 5.91 Å². The quantitative estimate of drug-likeness (QED) is 0.744. The second-order valence-corrected chi connectivity index (χ2v) is 6.78. The van der Waals surface area contributed by atoms with Gasteiger partial charge in [0.1, 0.15) is 0 Å². The molecule has 0 bridgehead atoms. The number of carbonyl (C=O) groups is 1. The van der Waals surface area contributed by atoms with E-state index < -0.39 is 0 Å². The first-order valence-corrected chi connectivity index (χ1v) is 9.25. The molecule has 0 unspecified atom stereocenters. The van der Waals surface area contributed by atoms with Crippen molar-refractivity contribution in [1.29, 1.82) is 0 Å². The Balaban J connectivity index is 1.54. The molecular weight excluding hydrogens is 324 g/mol. The van der Waals surface area contributed by atoms with Gasteiger partial charge in [0.25, 0.3) is 5.91 Å². The fourth-order valence-corrected chi connectivity index (χ4v) is 3.08. The summed E-state index contributed by atoms with van der Waals surface area (Å²) >= 11 is 0. The third kappa shape index (κ3) is 4.69. The van der Waals surface area contributed by atoms with Gasteiger partial charge in [0.15, 0.2) is 0 Å². The van der Waals surface area contributed by atoms with E-state index in [9.17, 15) is 4.79 Å². The van der Waals surface area contributed by atoms with E-state index in [2.05, 4.69) is 26.7 Å². The molecule has 1 aliphatic carbocycles. The highest BCUT2D eigenvalue weighted by Gasteiger charge is 2.10. The van der Waals surface area contributed by atoms with Crippen molar-refractivity contribution in [3.8, 4) is 0 Å². The SMILES string of the molecule is Cc1cccc(NC(=O)c2cnc(NCCC3=CCCCC3)nc2)c1C. The van der Waals surface area contributed by atoms with E-state index >= 15 is 0 Å². The van der Waals surface area contributed by atoms with E-state index in [0.29, 0.717) is 11.5 Å². The van der Waals surface area contributed by atoms with E-state index in [1.807, 2.05) is 32.0 Å². The average molecular weight is 350 g/mol. The van der Waals surface area contributed by atoms with E-state index in [4.69, 9.17) is 0 Å². The summed E-state index contributed by atoms with van der Waals surface area (Å²) in [7, 11) is 0. The van der Waals surface area contributed by atoms with Crippen molar-refractivity contribution in [3.63, 3.8) is 0 Å². The predicted molar refractivity (Wildman–Crippen MR) is 106 cm³/mol. The van der Waals surface area contributed by atoms with Gasteiger partial charge < -0.3 is 10.6 Å². The molecule has 136 valence electrons. The van der Waals surface area contributed by atoms with Gasteiger partial charge in [0, 0.05) is 24.6 Å². The number of amides is 1. The molecule has 1 amide bonds. The Labute approximate surface area is 155 Å². The third-order valence-corrected chi connectivity index (χ3v) is 4.88. The molecule has 0 radical (unpaired) electrons. The van der Waals surface area contributed by atoms with Crippen LogP contribution in [0.25, 0.3) is 0 Å². The second kappa shape index (κ2) is 8.61. The predicted octanol–water partition coefficient (Wildman–Crippen LogP) is 4.65. The zero-order chi connectivity index (χ0) is 18.4. The van der Waals surface area contributed by atoms with Gasteiger partial charge in [0.2, 0.25) is 5.95 Å². The second-order valence-electron chi connectivity index (χ2n) is 6.78. The Kier molecular flexibility index (Phi) is 6.00. The molecule has 0 aliphatic heterocycles. The Hall–Kier alpha value is -2.69. The molecule has 2 N–H and O–H groups in total. The maximum atomic E-state index is 12.4. The Morgan fingerprint density at radius 2 is 1.96 bits per heavy atom. The van der Waals surface area contributed by atoms with E-state index in [1.165, 1.54) is 31.3 Å². The fraction of sp³-hybridized carbons (Fsp3) is 0.381. The van der Waals surface area contributed by atoms with Gasteiger partial charge in [-0.2, -0.15) is 0 Å².